The molecule has 168 valence electrons. The molecular formula is C19H15F3N4O5S. The van der Waals surface area contributed by atoms with Crippen LogP contribution < -0.4 is 14.6 Å². The maximum absolute atomic E-state index is 13.2. The van der Waals surface area contributed by atoms with E-state index in [0.717, 1.165) is 34.7 Å². The van der Waals surface area contributed by atoms with Crippen LogP contribution in [-0.4, -0.2) is 31.2 Å². The van der Waals surface area contributed by atoms with Gasteiger partial charge in [-0.1, -0.05) is 11.2 Å². The molecule has 2 N–H and O–H groups in total. The summed E-state index contributed by atoms with van der Waals surface area (Å²) in [6.45, 7) is 0.165. The highest BCUT2D eigenvalue weighted by Gasteiger charge is 2.35. The molecule has 0 saturated carbocycles. The molecule has 0 saturated heterocycles. The monoisotopic (exact) mass is 468 g/mol. The van der Waals surface area contributed by atoms with Gasteiger partial charge in [-0.3, -0.25) is 0 Å². The Balaban J connectivity index is 1.55. The normalized spacial score (nSPS) is 13.6. The van der Waals surface area contributed by atoms with Crippen molar-refractivity contribution in [2.24, 2.45) is 10.3 Å². The predicted octanol–water partition coefficient (Wildman–Crippen LogP) is 2.82. The number of fused-ring (bicyclic) bond motifs is 1. The second-order valence-electron chi connectivity index (χ2n) is 6.60. The molecule has 0 radical (unpaired) electrons. The van der Waals surface area contributed by atoms with Crippen LogP contribution in [0, 0.1) is 0 Å². The lowest BCUT2D eigenvalue weighted by Gasteiger charge is -2.06. The number of halogens is 3. The quantitative estimate of drug-likeness (QED) is 0.439. The molecule has 0 fully saturated rings. The SMILES string of the molecule is NS(=O)(=O)c1ccc(-n2nc(C(F)(F)F)cc2/C=N/OCc2ccc3c(c2)OCO3)cc1. The van der Waals surface area contributed by atoms with E-state index in [4.69, 9.17) is 19.5 Å². The van der Waals surface area contributed by atoms with Crippen molar-refractivity contribution in [2.45, 2.75) is 17.7 Å². The average Bonchev–Trinajstić information content (AvgIpc) is 3.37. The van der Waals surface area contributed by atoms with E-state index >= 15 is 0 Å². The fourth-order valence-electron chi connectivity index (χ4n) is 2.84. The van der Waals surface area contributed by atoms with E-state index in [1.807, 2.05) is 0 Å². The van der Waals surface area contributed by atoms with Crippen LogP contribution in [0.1, 0.15) is 17.0 Å². The number of oxime groups is 1. The number of alkyl halides is 3. The summed E-state index contributed by atoms with van der Waals surface area (Å²) in [4.78, 5) is 5.00. The highest BCUT2D eigenvalue weighted by molar-refractivity contribution is 7.89. The fourth-order valence-corrected chi connectivity index (χ4v) is 3.36. The molecule has 0 spiro atoms. The summed E-state index contributed by atoms with van der Waals surface area (Å²) in [5.41, 5.74) is -0.295. The van der Waals surface area contributed by atoms with Gasteiger partial charge in [-0.15, -0.1) is 0 Å². The van der Waals surface area contributed by atoms with Gasteiger partial charge >= 0.3 is 6.18 Å². The third kappa shape index (κ3) is 4.68. The lowest BCUT2D eigenvalue weighted by Crippen LogP contribution is -2.12. The maximum Gasteiger partial charge on any atom is 0.435 e. The zero-order valence-corrected chi connectivity index (χ0v) is 16.9. The first-order valence-corrected chi connectivity index (χ1v) is 10.5. The van der Waals surface area contributed by atoms with E-state index in [-0.39, 0.29) is 29.7 Å². The molecule has 4 rings (SSSR count). The topological polar surface area (TPSA) is 118 Å². The summed E-state index contributed by atoms with van der Waals surface area (Å²) in [6, 6.07) is 10.8. The van der Waals surface area contributed by atoms with Crippen molar-refractivity contribution in [1.82, 2.24) is 9.78 Å². The number of nitrogens with zero attached hydrogens (tertiary/aromatic N) is 3. The number of benzene rings is 2. The summed E-state index contributed by atoms with van der Waals surface area (Å²) < 4.78 is 73.7. The minimum absolute atomic E-state index is 0.0358. The van der Waals surface area contributed by atoms with Crippen LogP contribution in [0.25, 0.3) is 5.69 Å². The minimum atomic E-state index is -4.69. The second kappa shape index (κ2) is 8.16. The van der Waals surface area contributed by atoms with E-state index < -0.39 is 21.9 Å². The highest BCUT2D eigenvalue weighted by atomic mass is 32.2. The van der Waals surface area contributed by atoms with Gasteiger partial charge in [-0.2, -0.15) is 18.3 Å². The number of primary sulfonamides is 1. The van der Waals surface area contributed by atoms with Gasteiger partial charge in [-0.05, 0) is 48.0 Å². The highest BCUT2D eigenvalue weighted by Crippen LogP contribution is 2.33. The molecule has 0 aliphatic carbocycles. The van der Waals surface area contributed by atoms with Crippen molar-refractivity contribution >= 4 is 16.2 Å². The van der Waals surface area contributed by atoms with E-state index in [0.29, 0.717) is 11.5 Å². The number of sulfonamides is 1. The molecule has 0 bridgehead atoms. The Morgan fingerprint density at radius 1 is 1.12 bits per heavy atom. The first-order chi connectivity index (χ1) is 15.1. The van der Waals surface area contributed by atoms with E-state index in [9.17, 15) is 21.6 Å². The number of rotatable bonds is 6. The molecule has 13 heteroatoms. The van der Waals surface area contributed by atoms with E-state index in [2.05, 4.69) is 10.3 Å². The Labute approximate surface area is 179 Å². The lowest BCUT2D eigenvalue weighted by atomic mass is 10.2. The van der Waals surface area contributed by atoms with Crippen LogP contribution in [0.3, 0.4) is 0 Å². The fraction of sp³-hybridized carbons (Fsp3) is 0.158. The van der Waals surface area contributed by atoms with Gasteiger partial charge in [0.1, 0.15) is 6.61 Å². The van der Waals surface area contributed by atoms with Crippen molar-refractivity contribution in [1.29, 1.82) is 0 Å². The molecule has 2 aromatic carbocycles. The predicted molar refractivity (Wildman–Crippen MR) is 105 cm³/mol. The summed E-state index contributed by atoms with van der Waals surface area (Å²) in [5, 5.41) is 12.3. The van der Waals surface area contributed by atoms with Crippen LogP contribution in [0.2, 0.25) is 0 Å². The molecule has 0 amide bonds. The number of nitrogens with two attached hydrogens (primary N) is 1. The van der Waals surface area contributed by atoms with Crippen LogP contribution >= 0.6 is 0 Å². The molecule has 1 aliphatic heterocycles. The smallest absolute Gasteiger partial charge is 0.435 e. The van der Waals surface area contributed by atoms with Crippen molar-refractivity contribution in [3.05, 3.63) is 65.5 Å². The number of aromatic nitrogens is 2. The van der Waals surface area contributed by atoms with Gasteiger partial charge in [0.2, 0.25) is 16.8 Å². The van der Waals surface area contributed by atoms with Crippen molar-refractivity contribution in [2.75, 3.05) is 6.79 Å². The van der Waals surface area contributed by atoms with E-state index in [1.165, 1.54) is 12.1 Å². The molecule has 3 aromatic rings. The Kier molecular flexibility index (Phi) is 5.52. The summed E-state index contributed by atoms with van der Waals surface area (Å²) in [7, 11) is -3.95. The lowest BCUT2D eigenvalue weighted by molar-refractivity contribution is -0.141. The average molecular weight is 468 g/mol. The van der Waals surface area contributed by atoms with Gasteiger partial charge in [0.25, 0.3) is 0 Å². The maximum atomic E-state index is 13.2. The third-order valence-electron chi connectivity index (χ3n) is 4.36. The number of hydrogen-bond donors (Lipinski definition) is 1. The van der Waals surface area contributed by atoms with Gasteiger partial charge < -0.3 is 14.3 Å². The minimum Gasteiger partial charge on any atom is -0.454 e. The van der Waals surface area contributed by atoms with Crippen molar-refractivity contribution < 1.29 is 35.9 Å². The first kappa shape index (κ1) is 21.6. The zero-order valence-electron chi connectivity index (χ0n) is 16.1. The van der Waals surface area contributed by atoms with Crippen LogP contribution in [0.4, 0.5) is 13.2 Å². The molecule has 32 heavy (non-hydrogen) atoms. The Morgan fingerprint density at radius 2 is 1.84 bits per heavy atom. The molecule has 9 nitrogen and oxygen atoms in total. The van der Waals surface area contributed by atoms with Gasteiger partial charge in [0, 0.05) is 0 Å². The summed E-state index contributed by atoms with van der Waals surface area (Å²) in [5.74, 6) is 1.17. The van der Waals surface area contributed by atoms with Gasteiger partial charge in [-0.25, -0.2) is 18.2 Å². The first-order valence-electron chi connectivity index (χ1n) is 8.95. The molecule has 0 atom stereocenters. The third-order valence-corrected chi connectivity index (χ3v) is 5.29. The van der Waals surface area contributed by atoms with Crippen LogP contribution in [-0.2, 0) is 27.6 Å². The Morgan fingerprint density at radius 3 is 2.53 bits per heavy atom. The van der Waals surface area contributed by atoms with Crippen molar-refractivity contribution in [3.8, 4) is 17.2 Å². The Hall–Kier alpha value is -3.58. The van der Waals surface area contributed by atoms with Crippen molar-refractivity contribution in [3.63, 3.8) is 0 Å². The Bertz CT molecular complexity index is 1270. The largest absolute Gasteiger partial charge is 0.454 e. The zero-order chi connectivity index (χ0) is 22.9. The standard InChI is InChI=1S/C19H15F3N4O5S/c20-19(21,22)18-8-14(26(25-18)13-2-4-15(5-3-13)32(23,27)28)9-24-31-10-12-1-6-16-17(7-12)30-11-29-16/h1-9H,10-11H2,(H2,23,27,28)/b24-9+. The number of ether oxygens (including phenoxy) is 2. The molecule has 0 unspecified atom stereocenters. The molecular weight excluding hydrogens is 453 g/mol. The summed E-state index contributed by atoms with van der Waals surface area (Å²) in [6.07, 6.45) is -3.62. The molecule has 1 aromatic heterocycles. The van der Waals surface area contributed by atoms with Crippen LogP contribution in [0.5, 0.6) is 11.5 Å². The second-order valence-corrected chi connectivity index (χ2v) is 8.16. The summed E-state index contributed by atoms with van der Waals surface area (Å²) >= 11 is 0. The van der Waals surface area contributed by atoms with Crippen LogP contribution in [0.15, 0.2) is 58.6 Å². The molecule has 1 aliphatic rings. The van der Waals surface area contributed by atoms with Gasteiger partial charge in [0.05, 0.1) is 22.5 Å². The number of hydrogen-bond acceptors (Lipinski definition) is 7. The van der Waals surface area contributed by atoms with Gasteiger partial charge in [0.15, 0.2) is 17.2 Å². The molecule has 2 heterocycles. The van der Waals surface area contributed by atoms with E-state index in [1.54, 1.807) is 18.2 Å².